The van der Waals surface area contributed by atoms with Gasteiger partial charge in [-0.15, -0.1) is 0 Å². The molecule has 0 N–H and O–H groups in total. The van der Waals surface area contributed by atoms with Crippen LogP contribution < -0.4 is 9.47 Å². The summed E-state index contributed by atoms with van der Waals surface area (Å²) in [6.07, 6.45) is 0. The molecule has 106 valence electrons. The number of hydrogen-bond acceptors (Lipinski definition) is 3. The minimum Gasteiger partial charge on any atom is -0.480 e. The molecule has 0 saturated heterocycles. The van der Waals surface area contributed by atoms with Crippen LogP contribution in [0.2, 0.25) is 0 Å². The maximum atomic E-state index is 12.7. The number of hydrogen-bond donors (Lipinski definition) is 0. The lowest BCUT2D eigenvalue weighted by molar-refractivity contribution is 0.360. The molecule has 0 bridgehead atoms. The first kappa shape index (κ1) is 14.5. The Hall–Kier alpha value is -1.95. The van der Waals surface area contributed by atoms with Gasteiger partial charge in [0.2, 0.25) is 0 Å². The molecule has 0 aliphatic heterocycles. The van der Waals surface area contributed by atoms with Gasteiger partial charge in [0.05, 0.1) is 10.8 Å². The highest BCUT2D eigenvalue weighted by Crippen LogP contribution is 2.13. The summed E-state index contributed by atoms with van der Waals surface area (Å²) in [5, 5.41) is 0. The maximum absolute atomic E-state index is 12.7. The summed E-state index contributed by atoms with van der Waals surface area (Å²) in [6, 6.07) is 10.8. The summed E-state index contributed by atoms with van der Waals surface area (Å²) in [7, 11) is -1.36. The Morgan fingerprint density at radius 2 is 1.10 bits per heavy atom. The largest absolute Gasteiger partial charge is 0.480 e. The first-order valence-corrected chi connectivity index (χ1v) is 7.24. The fraction of sp³-hybridized carbons (Fsp3) is 0.143. The molecule has 0 spiro atoms. The molecule has 0 radical (unpaired) electrons. The second kappa shape index (κ2) is 7.00. The van der Waals surface area contributed by atoms with Crippen LogP contribution in [0.25, 0.3) is 0 Å². The lowest BCUT2D eigenvalue weighted by Crippen LogP contribution is -2.12. The van der Waals surface area contributed by atoms with E-state index in [0.717, 1.165) is 0 Å². The molecule has 20 heavy (non-hydrogen) atoms. The molecule has 0 heterocycles. The van der Waals surface area contributed by atoms with E-state index < -0.39 is 10.8 Å². The Morgan fingerprint density at radius 1 is 0.750 bits per heavy atom. The minimum atomic E-state index is -1.36. The van der Waals surface area contributed by atoms with E-state index in [1.165, 1.54) is 48.5 Å². The van der Waals surface area contributed by atoms with E-state index in [1.54, 1.807) is 0 Å². The van der Waals surface area contributed by atoms with Crippen LogP contribution >= 0.6 is 0 Å². The van der Waals surface area contributed by atoms with Gasteiger partial charge in [0.25, 0.3) is 0 Å². The van der Waals surface area contributed by atoms with Crippen LogP contribution in [0.3, 0.4) is 0 Å². The first-order valence-electron chi connectivity index (χ1n) is 5.75. The van der Waals surface area contributed by atoms with Crippen molar-refractivity contribution in [1.82, 2.24) is 0 Å². The van der Waals surface area contributed by atoms with E-state index in [4.69, 9.17) is 9.47 Å². The normalized spacial score (nSPS) is 10.6. The topological polar surface area (TPSA) is 35.5 Å². The Bertz CT molecular complexity index is 518. The van der Waals surface area contributed by atoms with Crippen LogP contribution in [-0.4, -0.2) is 16.1 Å². The molecule has 0 saturated carbocycles. The van der Waals surface area contributed by atoms with Crippen molar-refractivity contribution in [2.45, 2.75) is 0 Å². The molecular formula is C14H12F2O3S. The quantitative estimate of drug-likeness (QED) is 0.822. The maximum Gasteiger partial charge on any atom is 0.166 e. The van der Waals surface area contributed by atoms with E-state index in [2.05, 4.69) is 0 Å². The van der Waals surface area contributed by atoms with Gasteiger partial charge in [-0.05, 0) is 48.5 Å². The number of ether oxygens (including phenoxy) is 2. The number of halogens is 2. The molecular weight excluding hydrogens is 286 g/mol. The van der Waals surface area contributed by atoms with Gasteiger partial charge >= 0.3 is 0 Å². The summed E-state index contributed by atoms with van der Waals surface area (Å²) in [4.78, 5) is 0. The van der Waals surface area contributed by atoms with Crippen molar-refractivity contribution >= 4 is 10.8 Å². The molecule has 0 aliphatic carbocycles. The van der Waals surface area contributed by atoms with Crippen molar-refractivity contribution in [3.63, 3.8) is 0 Å². The minimum absolute atomic E-state index is 0.0627. The Morgan fingerprint density at radius 3 is 1.45 bits per heavy atom. The molecule has 2 aromatic carbocycles. The van der Waals surface area contributed by atoms with Gasteiger partial charge in [-0.2, -0.15) is 0 Å². The standard InChI is InChI=1S/C14H12F2O3S/c15-11-1-5-13(6-2-11)18-9-20(17)10-19-14-7-3-12(16)4-8-14/h1-8H,9-10H2. The smallest absolute Gasteiger partial charge is 0.166 e. The van der Waals surface area contributed by atoms with E-state index in [9.17, 15) is 13.0 Å². The van der Waals surface area contributed by atoms with Crippen LogP contribution in [0.4, 0.5) is 8.78 Å². The van der Waals surface area contributed by atoms with Gasteiger partial charge in [0.1, 0.15) is 23.1 Å². The van der Waals surface area contributed by atoms with Crippen molar-refractivity contribution in [1.29, 1.82) is 0 Å². The van der Waals surface area contributed by atoms with Crippen molar-refractivity contribution in [2.75, 3.05) is 11.9 Å². The van der Waals surface area contributed by atoms with E-state index >= 15 is 0 Å². The van der Waals surface area contributed by atoms with Crippen LogP contribution in [0.15, 0.2) is 48.5 Å². The van der Waals surface area contributed by atoms with Gasteiger partial charge < -0.3 is 9.47 Å². The molecule has 3 nitrogen and oxygen atoms in total. The van der Waals surface area contributed by atoms with Gasteiger partial charge in [-0.1, -0.05) is 0 Å². The van der Waals surface area contributed by atoms with E-state index in [-0.39, 0.29) is 23.5 Å². The predicted molar refractivity (Wildman–Crippen MR) is 71.9 cm³/mol. The second-order valence-electron chi connectivity index (χ2n) is 3.87. The zero-order valence-electron chi connectivity index (χ0n) is 10.4. The third-order valence-corrected chi connectivity index (χ3v) is 3.10. The SMILES string of the molecule is O=S(COc1ccc(F)cc1)COc1ccc(F)cc1. The summed E-state index contributed by atoms with van der Waals surface area (Å²) in [5.74, 6) is 0.0129. The van der Waals surface area contributed by atoms with Gasteiger partial charge in [-0.25, -0.2) is 8.78 Å². The van der Waals surface area contributed by atoms with Gasteiger partial charge in [0, 0.05) is 0 Å². The molecule has 0 aromatic heterocycles. The Kier molecular flexibility index (Phi) is 5.06. The molecule has 2 rings (SSSR count). The van der Waals surface area contributed by atoms with Crippen molar-refractivity contribution in [3.8, 4) is 11.5 Å². The molecule has 0 amide bonds. The van der Waals surface area contributed by atoms with Crippen LogP contribution in [0.5, 0.6) is 11.5 Å². The van der Waals surface area contributed by atoms with Crippen LogP contribution in [0, 0.1) is 11.6 Å². The van der Waals surface area contributed by atoms with Gasteiger partial charge in [-0.3, -0.25) is 4.21 Å². The highest BCUT2D eigenvalue weighted by molar-refractivity contribution is 7.84. The molecule has 6 heteroatoms. The summed E-state index contributed by atoms with van der Waals surface area (Å²) >= 11 is 0. The molecule has 2 aromatic rings. The van der Waals surface area contributed by atoms with E-state index in [1.807, 2.05) is 0 Å². The summed E-state index contributed by atoms with van der Waals surface area (Å²) in [5.41, 5.74) is 0. The lowest BCUT2D eigenvalue weighted by Gasteiger charge is -2.08. The molecule has 0 fully saturated rings. The predicted octanol–water partition coefficient (Wildman–Crippen LogP) is 3.09. The van der Waals surface area contributed by atoms with Crippen molar-refractivity contribution in [3.05, 3.63) is 60.2 Å². The average molecular weight is 298 g/mol. The number of rotatable bonds is 6. The fourth-order valence-electron chi connectivity index (χ4n) is 1.36. The highest BCUT2D eigenvalue weighted by atomic mass is 32.2. The molecule has 0 unspecified atom stereocenters. The third kappa shape index (κ3) is 4.62. The lowest BCUT2D eigenvalue weighted by atomic mass is 10.3. The van der Waals surface area contributed by atoms with Gasteiger partial charge in [0.15, 0.2) is 11.9 Å². The summed E-state index contributed by atoms with van der Waals surface area (Å²) < 4.78 is 47.4. The van der Waals surface area contributed by atoms with E-state index in [0.29, 0.717) is 11.5 Å². The first-order chi connectivity index (χ1) is 9.63. The van der Waals surface area contributed by atoms with Crippen LogP contribution in [0.1, 0.15) is 0 Å². The zero-order valence-corrected chi connectivity index (χ0v) is 11.2. The fourth-order valence-corrected chi connectivity index (χ4v) is 1.97. The third-order valence-electron chi connectivity index (χ3n) is 2.34. The number of benzene rings is 2. The second-order valence-corrected chi connectivity index (χ2v) is 5.22. The van der Waals surface area contributed by atoms with Crippen molar-refractivity contribution < 1.29 is 22.5 Å². The molecule has 0 atom stereocenters. The highest BCUT2D eigenvalue weighted by Gasteiger charge is 2.03. The monoisotopic (exact) mass is 298 g/mol. The molecule has 0 aliphatic rings. The van der Waals surface area contributed by atoms with Crippen LogP contribution in [-0.2, 0) is 10.8 Å². The Balaban J connectivity index is 1.75. The zero-order chi connectivity index (χ0) is 14.4. The summed E-state index contributed by atoms with van der Waals surface area (Å²) in [6.45, 7) is 0. The average Bonchev–Trinajstić information content (AvgIpc) is 2.46. The Labute approximate surface area is 117 Å². The van der Waals surface area contributed by atoms with Crippen molar-refractivity contribution in [2.24, 2.45) is 0 Å².